The van der Waals surface area contributed by atoms with Gasteiger partial charge in [0.25, 0.3) is 5.89 Å². The van der Waals surface area contributed by atoms with E-state index < -0.39 is 0 Å². The van der Waals surface area contributed by atoms with E-state index in [2.05, 4.69) is 20.0 Å². The van der Waals surface area contributed by atoms with Crippen LogP contribution in [0.25, 0.3) is 11.5 Å². The Bertz CT molecular complexity index is 931. The van der Waals surface area contributed by atoms with Gasteiger partial charge in [0.2, 0.25) is 0 Å². The first-order valence-electron chi connectivity index (χ1n) is 8.22. The molecule has 0 amide bonds. The minimum Gasteiger partial charge on any atom is -0.488 e. The van der Waals surface area contributed by atoms with Gasteiger partial charge in [-0.05, 0) is 31.2 Å². The Balaban J connectivity index is 1.51. The lowest BCUT2D eigenvalue weighted by Crippen LogP contribution is -2.25. The third-order valence-corrected chi connectivity index (χ3v) is 4.92. The SMILES string of the molecule is Cc1noc(-c2cccnc2N2CCC(Oc3ccc(Cl)c(Cl)c3)C2)n1. The van der Waals surface area contributed by atoms with Crippen LogP contribution in [0.2, 0.25) is 10.0 Å². The summed E-state index contributed by atoms with van der Waals surface area (Å²) in [5.74, 6) is 2.59. The fraction of sp³-hybridized carbons (Fsp3) is 0.278. The molecule has 4 rings (SSSR count). The van der Waals surface area contributed by atoms with Gasteiger partial charge < -0.3 is 14.2 Å². The number of pyridine rings is 1. The zero-order valence-electron chi connectivity index (χ0n) is 14.0. The number of benzene rings is 1. The topological polar surface area (TPSA) is 64.3 Å². The fourth-order valence-corrected chi connectivity index (χ4v) is 3.27. The summed E-state index contributed by atoms with van der Waals surface area (Å²) in [6.07, 6.45) is 2.67. The molecule has 1 unspecified atom stereocenters. The fourth-order valence-electron chi connectivity index (χ4n) is 2.98. The summed E-state index contributed by atoms with van der Waals surface area (Å²) in [5, 5.41) is 4.86. The molecule has 8 heteroatoms. The van der Waals surface area contributed by atoms with Crippen molar-refractivity contribution < 1.29 is 9.26 Å². The van der Waals surface area contributed by atoms with Crippen LogP contribution in [0.1, 0.15) is 12.2 Å². The maximum atomic E-state index is 6.06. The molecular weight excluding hydrogens is 375 g/mol. The van der Waals surface area contributed by atoms with Crippen LogP contribution in [-0.4, -0.2) is 34.3 Å². The molecule has 1 aromatic carbocycles. The van der Waals surface area contributed by atoms with Crippen molar-refractivity contribution in [3.8, 4) is 17.2 Å². The molecule has 3 aromatic rings. The standard InChI is InChI=1S/C18H16Cl2N4O2/c1-11-22-18(26-23-11)14-3-2-7-21-17(14)24-8-6-13(10-24)25-12-4-5-15(19)16(20)9-12/h2-5,7,9,13H,6,8,10H2,1H3. The van der Waals surface area contributed by atoms with Crippen LogP contribution in [0, 0.1) is 6.92 Å². The van der Waals surface area contributed by atoms with Crippen molar-refractivity contribution in [2.24, 2.45) is 0 Å². The van der Waals surface area contributed by atoms with Gasteiger partial charge in [0, 0.05) is 25.2 Å². The van der Waals surface area contributed by atoms with E-state index in [0.717, 1.165) is 24.3 Å². The number of halogens is 2. The van der Waals surface area contributed by atoms with Crippen LogP contribution < -0.4 is 9.64 Å². The monoisotopic (exact) mass is 390 g/mol. The second-order valence-corrected chi connectivity index (χ2v) is 6.89. The van der Waals surface area contributed by atoms with E-state index >= 15 is 0 Å². The van der Waals surface area contributed by atoms with Gasteiger partial charge in [-0.3, -0.25) is 0 Å². The zero-order chi connectivity index (χ0) is 18.1. The van der Waals surface area contributed by atoms with E-state index in [1.54, 1.807) is 25.3 Å². The van der Waals surface area contributed by atoms with E-state index in [1.807, 2.05) is 18.2 Å². The Labute approximate surface area is 160 Å². The molecule has 0 bridgehead atoms. The van der Waals surface area contributed by atoms with Crippen LogP contribution in [0.4, 0.5) is 5.82 Å². The molecule has 1 aliphatic heterocycles. The lowest BCUT2D eigenvalue weighted by Gasteiger charge is -2.19. The van der Waals surface area contributed by atoms with Crippen molar-refractivity contribution in [2.45, 2.75) is 19.4 Å². The maximum Gasteiger partial charge on any atom is 0.261 e. The summed E-state index contributed by atoms with van der Waals surface area (Å²) in [7, 11) is 0. The van der Waals surface area contributed by atoms with E-state index in [9.17, 15) is 0 Å². The number of ether oxygens (including phenoxy) is 1. The first-order valence-corrected chi connectivity index (χ1v) is 8.98. The van der Waals surface area contributed by atoms with Crippen LogP contribution >= 0.6 is 23.2 Å². The normalized spacial score (nSPS) is 16.9. The highest BCUT2D eigenvalue weighted by molar-refractivity contribution is 6.42. The summed E-state index contributed by atoms with van der Waals surface area (Å²) in [5.41, 5.74) is 0.822. The molecule has 3 heterocycles. The molecule has 0 spiro atoms. The van der Waals surface area contributed by atoms with Gasteiger partial charge in [0.1, 0.15) is 17.7 Å². The highest BCUT2D eigenvalue weighted by atomic mass is 35.5. The molecule has 1 fully saturated rings. The van der Waals surface area contributed by atoms with Gasteiger partial charge in [0.05, 0.1) is 22.2 Å². The zero-order valence-corrected chi connectivity index (χ0v) is 15.5. The van der Waals surface area contributed by atoms with Crippen LogP contribution in [0.3, 0.4) is 0 Å². The van der Waals surface area contributed by atoms with Crippen molar-refractivity contribution >= 4 is 29.0 Å². The van der Waals surface area contributed by atoms with E-state index in [0.29, 0.717) is 34.1 Å². The third kappa shape index (κ3) is 3.48. The summed E-state index contributed by atoms with van der Waals surface area (Å²) in [4.78, 5) is 11.0. The van der Waals surface area contributed by atoms with Crippen LogP contribution in [0.5, 0.6) is 5.75 Å². The average Bonchev–Trinajstić information content (AvgIpc) is 3.27. The second kappa shape index (κ2) is 7.13. The Morgan fingerprint density at radius 1 is 1.23 bits per heavy atom. The average molecular weight is 391 g/mol. The van der Waals surface area contributed by atoms with Crippen molar-refractivity contribution in [3.05, 3.63) is 52.4 Å². The van der Waals surface area contributed by atoms with Gasteiger partial charge >= 0.3 is 0 Å². The summed E-state index contributed by atoms with van der Waals surface area (Å²) in [6, 6.07) is 9.09. The Morgan fingerprint density at radius 3 is 2.88 bits per heavy atom. The van der Waals surface area contributed by atoms with Gasteiger partial charge in [-0.25, -0.2) is 4.98 Å². The lowest BCUT2D eigenvalue weighted by atomic mass is 10.2. The molecule has 26 heavy (non-hydrogen) atoms. The van der Waals surface area contributed by atoms with Crippen molar-refractivity contribution in [2.75, 3.05) is 18.0 Å². The van der Waals surface area contributed by atoms with Crippen molar-refractivity contribution in [1.82, 2.24) is 15.1 Å². The number of hydrogen-bond acceptors (Lipinski definition) is 6. The molecule has 2 aromatic heterocycles. The number of aromatic nitrogens is 3. The summed E-state index contributed by atoms with van der Waals surface area (Å²) < 4.78 is 11.4. The quantitative estimate of drug-likeness (QED) is 0.657. The maximum absolute atomic E-state index is 6.06. The predicted molar refractivity (Wildman–Crippen MR) is 100.0 cm³/mol. The number of nitrogens with zero attached hydrogens (tertiary/aromatic N) is 4. The Hall–Kier alpha value is -2.31. The molecule has 0 aliphatic carbocycles. The van der Waals surface area contributed by atoms with Crippen molar-refractivity contribution in [1.29, 1.82) is 0 Å². The lowest BCUT2D eigenvalue weighted by molar-refractivity contribution is 0.225. The number of aryl methyl sites for hydroxylation is 1. The first kappa shape index (κ1) is 17.1. The smallest absolute Gasteiger partial charge is 0.261 e. The molecule has 1 aliphatic rings. The molecule has 134 valence electrons. The molecule has 0 N–H and O–H groups in total. The van der Waals surface area contributed by atoms with E-state index in [4.69, 9.17) is 32.5 Å². The van der Waals surface area contributed by atoms with E-state index in [-0.39, 0.29) is 6.10 Å². The molecule has 6 nitrogen and oxygen atoms in total. The van der Waals surface area contributed by atoms with Gasteiger partial charge in [-0.15, -0.1) is 0 Å². The van der Waals surface area contributed by atoms with Crippen LogP contribution in [0.15, 0.2) is 41.1 Å². The molecule has 0 saturated carbocycles. The molecule has 1 saturated heterocycles. The first-order chi connectivity index (χ1) is 12.6. The van der Waals surface area contributed by atoms with Crippen molar-refractivity contribution in [3.63, 3.8) is 0 Å². The van der Waals surface area contributed by atoms with Crippen LogP contribution in [-0.2, 0) is 0 Å². The van der Waals surface area contributed by atoms with E-state index in [1.165, 1.54) is 0 Å². The molecular formula is C18H16Cl2N4O2. The molecule has 0 radical (unpaired) electrons. The highest BCUT2D eigenvalue weighted by Gasteiger charge is 2.28. The minimum absolute atomic E-state index is 0.0338. The largest absolute Gasteiger partial charge is 0.488 e. The Kier molecular flexibility index (Phi) is 4.70. The number of hydrogen-bond donors (Lipinski definition) is 0. The Morgan fingerprint density at radius 2 is 2.12 bits per heavy atom. The number of anilines is 1. The van der Waals surface area contributed by atoms with Gasteiger partial charge in [-0.2, -0.15) is 4.98 Å². The second-order valence-electron chi connectivity index (χ2n) is 6.07. The predicted octanol–water partition coefficient (Wildman–Crippen LogP) is 4.40. The number of rotatable bonds is 4. The van der Waals surface area contributed by atoms with Gasteiger partial charge in [0.15, 0.2) is 5.82 Å². The third-order valence-electron chi connectivity index (χ3n) is 4.18. The highest BCUT2D eigenvalue weighted by Crippen LogP contribution is 2.32. The molecule has 1 atom stereocenters. The minimum atomic E-state index is 0.0338. The summed E-state index contributed by atoms with van der Waals surface area (Å²) in [6.45, 7) is 3.32. The summed E-state index contributed by atoms with van der Waals surface area (Å²) >= 11 is 12.0. The van der Waals surface area contributed by atoms with Gasteiger partial charge in [-0.1, -0.05) is 28.4 Å².